The van der Waals surface area contributed by atoms with Crippen molar-refractivity contribution in [2.45, 2.75) is 25.3 Å². The number of hydrogen-bond donors (Lipinski definition) is 0. The van der Waals surface area contributed by atoms with Crippen molar-refractivity contribution >= 4 is 22.7 Å². The molecule has 1 saturated heterocycles. The Hall–Kier alpha value is -2.89. The van der Waals surface area contributed by atoms with Crippen molar-refractivity contribution in [1.29, 1.82) is 0 Å². The number of aryl methyl sites for hydroxylation is 1. The fourth-order valence-corrected chi connectivity index (χ4v) is 3.44. The zero-order valence-corrected chi connectivity index (χ0v) is 14.0. The average molecular weight is 337 g/mol. The van der Waals surface area contributed by atoms with Crippen LogP contribution in [0.2, 0.25) is 0 Å². The Labute approximate surface area is 145 Å². The van der Waals surface area contributed by atoms with Gasteiger partial charge in [0.25, 0.3) is 5.91 Å². The number of carbonyl (C=O) groups is 2. The Bertz CT molecular complexity index is 907. The van der Waals surface area contributed by atoms with Gasteiger partial charge in [-0.1, -0.05) is 18.2 Å². The summed E-state index contributed by atoms with van der Waals surface area (Å²) in [5.41, 5.74) is 1.29. The molecule has 0 saturated carbocycles. The molecule has 128 valence electrons. The van der Waals surface area contributed by atoms with Crippen LogP contribution in [-0.4, -0.2) is 39.0 Å². The van der Waals surface area contributed by atoms with Crippen molar-refractivity contribution in [2.24, 2.45) is 7.05 Å². The fraction of sp³-hybridized carbons (Fsp3) is 0.316. The number of fused-ring (bicyclic) bond motifs is 1. The summed E-state index contributed by atoms with van der Waals surface area (Å²) in [7, 11) is 1.78. The van der Waals surface area contributed by atoms with E-state index in [0.717, 1.165) is 18.2 Å². The van der Waals surface area contributed by atoms with E-state index in [1.807, 2.05) is 24.3 Å². The number of para-hydroxylation sites is 1. The Morgan fingerprint density at radius 3 is 2.92 bits per heavy atom. The lowest BCUT2D eigenvalue weighted by Gasteiger charge is -2.23. The monoisotopic (exact) mass is 337 g/mol. The van der Waals surface area contributed by atoms with Gasteiger partial charge in [-0.25, -0.2) is 0 Å². The normalized spacial score (nSPS) is 17.3. The van der Waals surface area contributed by atoms with Gasteiger partial charge < -0.3 is 9.32 Å². The molecule has 1 aromatic carbocycles. The Kier molecular flexibility index (Phi) is 3.87. The van der Waals surface area contributed by atoms with E-state index in [1.54, 1.807) is 35.1 Å². The third-order valence-electron chi connectivity index (χ3n) is 4.72. The number of ketones is 1. The van der Waals surface area contributed by atoms with Crippen LogP contribution < -0.4 is 0 Å². The predicted octanol–water partition coefficient (Wildman–Crippen LogP) is 3.04. The van der Waals surface area contributed by atoms with Crippen molar-refractivity contribution in [3.63, 3.8) is 0 Å². The smallest absolute Gasteiger partial charge is 0.289 e. The number of rotatable bonds is 4. The molecule has 1 aliphatic rings. The van der Waals surface area contributed by atoms with Gasteiger partial charge in [0.05, 0.1) is 11.8 Å². The first-order chi connectivity index (χ1) is 12.1. The van der Waals surface area contributed by atoms with Crippen molar-refractivity contribution in [3.05, 3.63) is 54.0 Å². The van der Waals surface area contributed by atoms with Crippen LogP contribution in [-0.2, 0) is 7.05 Å². The van der Waals surface area contributed by atoms with Crippen molar-refractivity contribution in [3.8, 4) is 0 Å². The van der Waals surface area contributed by atoms with Crippen molar-refractivity contribution in [2.75, 3.05) is 6.54 Å². The molecule has 1 fully saturated rings. The maximum Gasteiger partial charge on any atom is 0.289 e. The topological polar surface area (TPSA) is 68.3 Å². The second-order valence-electron chi connectivity index (χ2n) is 6.47. The molecule has 3 aromatic rings. The Morgan fingerprint density at radius 2 is 2.16 bits per heavy atom. The van der Waals surface area contributed by atoms with E-state index >= 15 is 0 Å². The van der Waals surface area contributed by atoms with E-state index in [-0.39, 0.29) is 17.7 Å². The molecule has 0 unspecified atom stereocenters. The summed E-state index contributed by atoms with van der Waals surface area (Å²) in [6, 6.07) is 9.25. The van der Waals surface area contributed by atoms with Gasteiger partial charge >= 0.3 is 0 Å². The minimum atomic E-state index is -0.141. The van der Waals surface area contributed by atoms with E-state index in [1.165, 1.54) is 0 Å². The maximum atomic E-state index is 12.9. The summed E-state index contributed by atoms with van der Waals surface area (Å²) in [6.07, 6.45) is 5.33. The van der Waals surface area contributed by atoms with Crippen LogP contribution in [0.3, 0.4) is 0 Å². The summed E-state index contributed by atoms with van der Waals surface area (Å²) in [4.78, 5) is 27.1. The second-order valence-corrected chi connectivity index (χ2v) is 6.47. The third kappa shape index (κ3) is 2.95. The molecular formula is C19H19N3O3. The van der Waals surface area contributed by atoms with E-state index in [4.69, 9.17) is 4.42 Å². The Balaban J connectivity index is 1.52. The average Bonchev–Trinajstić information content (AvgIpc) is 3.32. The van der Waals surface area contributed by atoms with Crippen LogP contribution in [0, 0.1) is 0 Å². The largest absolute Gasteiger partial charge is 0.451 e. The van der Waals surface area contributed by atoms with Gasteiger partial charge in [-0.15, -0.1) is 0 Å². The number of likely N-dealkylation sites (tertiary alicyclic amines) is 1. The second kappa shape index (κ2) is 6.20. The molecule has 0 bridgehead atoms. The highest BCUT2D eigenvalue weighted by atomic mass is 16.3. The first-order valence-corrected chi connectivity index (χ1v) is 8.43. The lowest BCUT2D eigenvalue weighted by Crippen LogP contribution is -2.36. The predicted molar refractivity (Wildman–Crippen MR) is 92.4 cm³/mol. The van der Waals surface area contributed by atoms with Gasteiger partial charge in [0.1, 0.15) is 5.58 Å². The number of hydrogen-bond acceptors (Lipinski definition) is 4. The van der Waals surface area contributed by atoms with Gasteiger partial charge in [0.15, 0.2) is 11.5 Å². The summed E-state index contributed by atoms with van der Waals surface area (Å²) < 4.78 is 7.30. The minimum absolute atomic E-state index is 0.0161. The molecule has 0 N–H and O–H groups in total. The zero-order valence-electron chi connectivity index (χ0n) is 14.0. The number of nitrogens with zero attached hydrogens (tertiary/aromatic N) is 3. The molecule has 0 spiro atoms. The molecule has 1 amide bonds. The van der Waals surface area contributed by atoms with Crippen LogP contribution in [0.5, 0.6) is 0 Å². The van der Waals surface area contributed by atoms with Crippen LogP contribution in [0.25, 0.3) is 11.0 Å². The quantitative estimate of drug-likeness (QED) is 0.686. The summed E-state index contributed by atoms with van der Waals surface area (Å²) in [5, 5.41) is 4.95. The molecule has 6 nitrogen and oxygen atoms in total. The van der Waals surface area contributed by atoms with Gasteiger partial charge in [0.2, 0.25) is 0 Å². The Morgan fingerprint density at radius 1 is 1.32 bits per heavy atom. The molecule has 25 heavy (non-hydrogen) atoms. The number of furan rings is 1. The van der Waals surface area contributed by atoms with Crippen LogP contribution in [0.4, 0.5) is 0 Å². The van der Waals surface area contributed by atoms with Crippen molar-refractivity contribution < 1.29 is 14.0 Å². The SMILES string of the molecule is Cn1cc(C(=O)C[C@H]2CCCN2C(=O)c2cc3ccccc3o2)cn1. The molecule has 3 heterocycles. The molecule has 6 heteroatoms. The lowest BCUT2D eigenvalue weighted by molar-refractivity contribution is 0.0689. The zero-order chi connectivity index (χ0) is 17.4. The summed E-state index contributed by atoms with van der Waals surface area (Å²) >= 11 is 0. The van der Waals surface area contributed by atoms with E-state index in [0.29, 0.717) is 29.9 Å². The first kappa shape index (κ1) is 15.6. The number of Topliss-reactive ketones (excluding diaryl/α,β-unsaturated/α-hetero) is 1. The van der Waals surface area contributed by atoms with Gasteiger partial charge in [-0.05, 0) is 25.0 Å². The van der Waals surface area contributed by atoms with Crippen LogP contribution >= 0.6 is 0 Å². The van der Waals surface area contributed by atoms with Crippen LogP contribution in [0.1, 0.15) is 40.2 Å². The molecule has 1 atom stereocenters. The molecular weight excluding hydrogens is 318 g/mol. The third-order valence-corrected chi connectivity index (χ3v) is 4.72. The van der Waals surface area contributed by atoms with E-state index in [9.17, 15) is 9.59 Å². The summed E-state index contributed by atoms with van der Waals surface area (Å²) in [5.74, 6) is 0.210. The van der Waals surface area contributed by atoms with E-state index < -0.39 is 0 Å². The van der Waals surface area contributed by atoms with Crippen molar-refractivity contribution in [1.82, 2.24) is 14.7 Å². The number of carbonyl (C=O) groups excluding carboxylic acids is 2. The molecule has 0 aliphatic carbocycles. The molecule has 2 aromatic heterocycles. The number of amides is 1. The number of benzene rings is 1. The summed E-state index contributed by atoms with van der Waals surface area (Å²) in [6.45, 7) is 0.654. The van der Waals surface area contributed by atoms with Gasteiger partial charge in [-0.2, -0.15) is 5.10 Å². The minimum Gasteiger partial charge on any atom is -0.451 e. The van der Waals surface area contributed by atoms with E-state index in [2.05, 4.69) is 5.10 Å². The lowest BCUT2D eigenvalue weighted by atomic mass is 10.0. The standard InChI is InChI=1S/C19H19N3O3/c1-21-12-14(11-20-21)16(23)10-15-6-4-8-22(15)19(24)18-9-13-5-2-3-7-17(13)25-18/h2-3,5,7,9,11-12,15H,4,6,8,10H2,1H3/t15-/m1/s1. The molecule has 4 rings (SSSR count). The highest BCUT2D eigenvalue weighted by Crippen LogP contribution is 2.26. The highest BCUT2D eigenvalue weighted by molar-refractivity contribution is 5.98. The number of aromatic nitrogens is 2. The highest BCUT2D eigenvalue weighted by Gasteiger charge is 2.32. The maximum absolute atomic E-state index is 12.9. The van der Waals surface area contributed by atoms with Crippen LogP contribution in [0.15, 0.2) is 47.1 Å². The first-order valence-electron chi connectivity index (χ1n) is 8.43. The molecule has 1 aliphatic heterocycles. The van der Waals surface area contributed by atoms with Gasteiger partial charge in [-0.3, -0.25) is 14.3 Å². The molecule has 0 radical (unpaired) electrons. The fourth-order valence-electron chi connectivity index (χ4n) is 3.44. The van der Waals surface area contributed by atoms with Gasteiger partial charge in [0, 0.05) is 37.6 Å².